The fourth-order valence-corrected chi connectivity index (χ4v) is 6.09. The van der Waals surface area contributed by atoms with Crippen molar-refractivity contribution in [3.63, 3.8) is 0 Å². The Morgan fingerprint density at radius 2 is 1.30 bits per heavy atom. The molecule has 0 aliphatic heterocycles. The molecule has 1 heteroatoms. The molecule has 0 heterocycles. The average Bonchev–Trinajstić information content (AvgIpc) is 1.84. The van der Waals surface area contributed by atoms with E-state index in [-0.39, 0.29) is 0 Å². The van der Waals surface area contributed by atoms with Crippen molar-refractivity contribution < 1.29 is 0 Å². The summed E-state index contributed by atoms with van der Waals surface area (Å²) in [5.41, 5.74) is 2.55. The zero-order chi connectivity index (χ0) is 8.41. The summed E-state index contributed by atoms with van der Waals surface area (Å²) in [6.07, 6.45) is 0. The van der Waals surface area contributed by atoms with E-state index in [4.69, 9.17) is 0 Å². The first-order valence-electron chi connectivity index (χ1n) is 4.22. The molecule has 0 aromatic rings. The average molecular weight is 205 g/mol. The van der Waals surface area contributed by atoms with E-state index in [1.807, 2.05) is 0 Å². The molecular formula is C9H22As+. The minimum absolute atomic E-state index is 0.627. The van der Waals surface area contributed by atoms with E-state index in [0.29, 0.717) is 4.20 Å². The minimum atomic E-state index is -1.24. The molecule has 0 aromatic heterocycles. The molecule has 0 rings (SSSR count). The van der Waals surface area contributed by atoms with Crippen LogP contribution in [0.5, 0.6) is 0 Å². The number of rotatable bonds is 2. The van der Waals surface area contributed by atoms with Crippen LogP contribution in [0, 0.1) is 0 Å². The van der Waals surface area contributed by atoms with Gasteiger partial charge in [0.05, 0.1) is 0 Å². The summed E-state index contributed by atoms with van der Waals surface area (Å²) in [7, 11) is 0. The number of hydrogen-bond acceptors (Lipinski definition) is 0. The third kappa shape index (κ3) is 2.02. The summed E-state index contributed by atoms with van der Waals surface area (Å²) < 4.78 is 0.627. The zero-order valence-electron chi connectivity index (χ0n) is 8.36. The Morgan fingerprint density at radius 3 is 1.30 bits per heavy atom. The molecule has 0 radical (unpaired) electrons. The van der Waals surface area contributed by atoms with Gasteiger partial charge in [-0.25, -0.2) is 0 Å². The van der Waals surface area contributed by atoms with E-state index >= 15 is 0 Å². The molecule has 0 bridgehead atoms. The summed E-state index contributed by atoms with van der Waals surface area (Å²) in [4.78, 5) is 0. The van der Waals surface area contributed by atoms with Crippen molar-refractivity contribution in [3.05, 3.63) is 0 Å². The Labute approximate surface area is 68.8 Å². The molecule has 0 unspecified atom stereocenters. The summed E-state index contributed by atoms with van der Waals surface area (Å²) in [5, 5.41) is 2.91. The van der Waals surface area contributed by atoms with Crippen LogP contribution in [0.2, 0.25) is 20.3 Å². The van der Waals surface area contributed by atoms with Gasteiger partial charge in [-0.2, -0.15) is 0 Å². The van der Waals surface area contributed by atoms with Crippen molar-refractivity contribution in [2.75, 3.05) is 0 Å². The predicted octanol–water partition coefficient (Wildman–Crippen LogP) is 3.90. The third-order valence-corrected chi connectivity index (χ3v) is 15.7. The van der Waals surface area contributed by atoms with Gasteiger partial charge in [0.1, 0.15) is 0 Å². The van der Waals surface area contributed by atoms with Gasteiger partial charge in [0.15, 0.2) is 0 Å². The van der Waals surface area contributed by atoms with Crippen molar-refractivity contribution >= 4 is 13.6 Å². The molecule has 0 saturated carbocycles. The van der Waals surface area contributed by atoms with Crippen LogP contribution in [0.3, 0.4) is 0 Å². The van der Waals surface area contributed by atoms with Gasteiger partial charge in [-0.15, -0.1) is 0 Å². The first-order valence-corrected chi connectivity index (χ1v) is 9.69. The van der Waals surface area contributed by atoms with Crippen molar-refractivity contribution in [1.82, 2.24) is 0 Å². The predicted molar refractivity (Wildman–Crippen MR) is 52.3 cm³/mol. The molecular weight excluding hydrogens is 183 g/mol. The fourth-order valence-electron chi connectivity index (χ4n) is 1.17. The van der Waals surface area contributed by atoms with E-state index in [1.54, 1.807) is 0 Å². The topological polar surface area (TPSA) is 0 Å². The molecule has 0 aliphatic rings. The van der Waals surface area contributed by atoms with Gasteiger partial charge in [0, 0.05) is 0 Å². The second-order valence-electron chi connectivity index (χ2n) is 4.20. The van der Waals surface area contributed by atoms with Crippen molar-refractivity contribution in [2.45, 2.75) is 55.0 Å². The maximum absolute atomic E-state index is 2.55. The van der Waals surface area contributed by atoms with E-state index in [2.05, 4.69) is 40.3 Å². The molecule has 0 saturated heterocycles. The molecule has 62 valence electrons. The molecule has 10 heavy (non-hydrogen) atoms. The Kier molecular flexibility index (Phi) is 3.49. The van der Waals surface area contributed by atoms with Gasteiger partial charge in [0.2, 0.25) is 0 Å². The normalized spacial score (nSPS) is 13.8. The van der Waals surface area contributed by atoms with E-state index in [9.17, 15) is 0 Å². The first-order chi connectivity index (χ1) is 4.37. The molecule has 0 amide bonds. The molecule has 0 nitrogen and oxygen atoms in total. The Hall–Kier alpha value is 0.558. The molecule has 0 N–H and O–H groups in total. The molecule has 0 atom stereocenters. The van der Waals surface area contributed by atoms with Crippen LogP contribution in [-0.4, -0.2) is 13.6 Å². The Morgan fingerprint density at radius 1 is 1.00 bits per heavy atom. The third-order valence-electron chi connectivity index (χ3n) is 3.02. The molecule has 0 aromatic carbocycles. The summed E-state index contributed by atoms with van der Waals surface area (Å²) >= 11 is -1.24. The van der Waals surface area contributed by atoms with Crippen LogP contribution < -0.4 is 0 Å². The van der Waals surface area contributed by atoms with Crippen LogP contribution in [0.15, 0.2) is 0 Å². The molecule has 0 aliphatic carbocycles. The van der Waals surface area contributed by atoms with Crippen molar-refractivity contribution in [1.29, 1.82) is 0 Å². The van der Waals surface area contributed by atoms with E-state index < -0.39 is 13.6 Å². The van der Waals surface area contributed by atoms with Crippen LogP contribution in [0.4, 0.5) is 0 Å². The SMILES string of the molecule is CC[As+](C)(CC)C(C)(C)C. The second kappa shape index (κ2) is 3.30. The summed E-state index contributed by atoms with van der Waals surface area (Å²) in [5.74, 6) is 0. The van der Waals surface area contributed by atoms with Gasteiger partial charge in [-0.1, -0.05) is 0 Å². The zero-order valence-corrected chi connectivity index (χ0v) is 10.2. The van der Waals surface area contributed by atoms with E-state index in [1.165, 1.54) is 10.4 Å². The quantitative estimate of drug-likeness (QED) is 0.599. The van der Waals surface area contributed by atoms with Gasteiger partial charge in [-0.05, 0) is 0 Å². The molecule has 0 spiro atoms. The maximum atomic E-state index is 2.55. The Bertz CT molecular complexity index is 95.8. The van der Waals surface area contributed by atoms with Gasteiger partial charge >= 0.3 is 68.5 Å². The van der Waals surface area contributed by atoms with Crippen LogP contribution in [0.1, 0.15) is 34.6 Å². The fraction of sp³-hybridized carbons (Fsp3) is 1.00. The van der Waals surface area contributed by atoms with Crippen LogP contribution in [0.25, 0.3) is 0 Å². The van der Waals surface area contributed by atoms with Crippen molar-refractivity contribution in [3.8, 4) is 0 Å². The van der Waals surface area contributed by atoms with Crippen LogP contribution in [-0.2, 0) is 0 Å². The summed E-state index contributed by atoms with van der Waals surface area (Å²) in [6, 6.07) is 0. The van der Waals surface area contributed by atoms with Gasteiger partial charge < -0.3 is 0 Å². The molecule has 0 fully saturated rings. The number of hydrogen-bond donors (Lipinski definition) is 0. The monoisotopic (exact) mass is 205 g/mol. The van der Waals surface area contributed by atoms with E-state index in [0.717, 1.165) is 0 Å². The standard InChI is InChI=1S/C9H22As/c1-7-10(6,8-2)9(3,4)5/h7-8H2,1-6H3/q+1. The van der Waals surface area contributed by atoms with Crippen LogP contribution >= 0.6 is 0 Å². The van der Waals surface area contributed by atoms with Crippen molar-refractivity contribution in [2.24, 2.45) is 0 Å². The Balaban J connectivity index is 4.33. The second-order valence-corrected chi connectivity index (χ2v) is 15.5. The first kappa shape index (κ1) is 10.6. The van der Waals surface area contributed by atoms with Gasteiger partial charge in [0.25, 0.3) is 0 Å². The summed E-state index contributed by atoms with van der Waals surface area (Å²) in [6.45, 7) is 12.0. The van der Waals surface area contributed by atoms with Gasteiger partial charge in [-0.3, -0.25) is 0 Å².